The van der Waals surface area contributed by atoms with E-state index in [1.807, 2.05) is 60.8 Å². The first-order chi connectivity index (χ1) is 23.8. The Labute approximate surface area is 293 Å². The fourth-order valence-corrected chi connectivity index (χ4v) is 6.51. The number of phosphoric acid groups is 1. The second-order valence-corrected chi connectivity index (χ2v) is 13.8. The number of ether oxygens (including phenoxy) is 1. The number of carbonyl (C=O) groups is 2. The summed E-state index contributed by atoms with van der Waals surface area (Å²) in [7, 11) is -4.20. The number of benzene rings is 3. The molecule has 2 amide bonds. The maximum atomic E-state index is 13.2. The Balaban J connectivity index is 1.06. The van der Waals surface area contributed by atoms with Crippen LogP contribution in [0.5, 0.6) is 5.75 Å². The Hall–Kier alpha value is -3.82. The quantitative estimate of drug-likeness (QED) is 0.0472. The zero-order chi connectivity index (χ0) is 34.7. The van der Waals surface area contributed by atoms with Crippen molar-refractivity contribution in [3.63, 3.8) is 0 Å². The number of nitrogens with one attached hydrogen (secondary N) is 3. The van der Waals surface area contributed by atoms with E-state index in [1.54, 1.807) is 18.2 Å². The number of amides is 2. The van der Waals surface area contributed by atoms with Crippen molar-refractivity contribution in [2.75, 3.05) is 13.2 Å². The standard InChI is InChI=1S/C37H47ClN3O7P/c38-32-21-13-15-23-35(32)48-49(44,45)47-25-17-8-6-4-2-1-3-5-7-16-24-39-36(42)34(26-30-27-40-33-22-14-12-20-31(30)33)41-37(43)46-28-29-18-10-9-11-19-29/h9-15,18-23,27,34,40H,1-8,16-17,24-26,28H2,(H,39,42)(H,41,43)(H,44,45)/t34-/m1/s1. The van der Waals surface area contributed by atoms with Gasteiger partial charge in [0.25, 0.3) is 0 Å². The Morgan fingerprint density at radius 1 is 0.816 bits per heavy atom. The first-order valence-corrected chi connectivity index (χ1v) is 18.9. The number of carbonyl (C=O) groups excluding carboxylic acids is 2. The predicted molar refractivity (Wildman–Crippen MR) is 193 cm³/mol. The molecule has 0 radical (unpaired) electrons. The Morgan fingerprint density at radius 3 is 2.18 bits per heavy atom. The number of unbranched alkanes of at least 4 members (excludes halogenated alkanes) is 9. The van der Waals surface area contributed by atoms with Gasteiger partial charge in [-0.25, -0.2) is 9.36 Å². The number of alkyl carbamates (subject to hydrolysis) is 1. The van der Waals surface area contributed by atoms with Crippen LogP contribution in [0, 0.1) is 0 Å². The largest absolute Gasteiger partial charge is 0.527 e. The van der Waals surface area contributed by atoms with Crippen LogP contribution in [0.2, 0.25) is 5.02 Å². The van der Waals surface area contributed by atoms with E-state index >= 15 is 0 Å². The maximum Gasteiger partial charge on any atom is 0.527 e. The molecule has 0 saturated carbocycles. The molecule has 0 fully saturated rings. The maximum absolute atomic E-state index is 13.2. The minimum absolute atomic E-state index is 0.122. The summed E-state index contributed by atoms with van der Waals surface area (Å²) in [5.41, 5.74) is 2.79. The zero-order valence-electron chi connectivity index (χ0n) is 27.8. The highest BCUT2D eigenvalue weighted by Crippen LogP contribution is 2.45. The van der Waals surface area contributed by atoms with Crippen molar-refractivity contribution in [2.45, 2.75) is 83.3 Å². The average Bonchev–Trinajstić information content (AvgIpc) is 3.51. The van der Waals surface area contributed by atoms with Crippen LogP contribution in [0.4, 0.5) is 4.79 Å². The van der Waals surface area contributed by atoms with Crippen LogP contribution in [0.25, 0.3) is 10.9 Å². The number of halogens is 1. The first kappa shape index (κ1) is 38.0. The van der Waals surface area contributed by atoms with Crippen molar-refractivity contribution in [3.05, 3.63) is 101 Å². The highest BCUT2D eigenvalue weighted by atomic mass is 35.5. The zero-order valence-corrected chi connectivity index (χ0v) is 29.4. The monoisotopic (exact) mass is 711 g/mol. The van der Waals surface area contributed by atoms with Gasteiger partial charge in [-0.2, -0.15) is 0 Å². The van der Waals surface area contributed by atoms with Crippen LogP contribution < -0.4 is 15.2 Å². The lowest BCUT2D eigenvalue weighted by Crippen LogP contribution is -2.48. The summed E-state index contributed by atoms with van der Waals surface area (Å²) in [5.74, 6) is -0.112. The lowest BCUT2D eigenvalue weighted by Gasteiger charge is -2.18. The predicted octanol–water partition coefficient (Wildman–Crippen LogP) is 8.87. The highest BCUT2D eigenvalue weighted by molar-refractivity contribution is 7.47. The molecule has 0 aliphatic heterocycles. The van der Waals surface area contributed by atoms with Crippen molar-refractivity contribution < 1.29 is 32.8 Å². The molecule has 4 N–H and O–H groups in total. The number of phosphoric ester groups is 1. The molecule has 0 aliphatic carbocycles. The summed E-state index contributed by atoms with van der Waals surface area (Å²) in [4.78, 5) is 39.0. The summed E-state index contributed by atoms with van der Waals surface area (Å²) < 4.78 is 27.6. The lowest BCUT2D eigenvalue weighted by atomic mass is 10.0. The minimum Gasteiger partial charge on any atom is -0.445 e. The highest BCUT2D eigenvalue weighted by Gasteiger charge is 2.24. The third-order valence-corrected chi connectivity index (χ3v) is 9.34. The van der Waals surface area contributed by atoms with Gasteiger partial charge in [0.15, 0.2) is 0 Å². The molecule has 1 heterocycles. The number of rotatable bonds is 22. The normalized spacial score (nSPS) is 13.0. The first-order valence-electron chi connectivity index (χ1n) is 17.0. The van der Waals surface area contributed by atoms with Crippen molar-refractivity contribution in [1.29, 1.82) is 0 Å². The van der Waals surface area contributed by atoms with Crippen LogP contribution in [-0.4, -0.2) is 41.1 Å². The molecule has 49 heavy (non-hydrogen) atoms. The summed E-state index contributed by atoms with van der Waals surface area (Å²) in [6.45, 7) is 0.808. The van der Waals surface area contributed by atoms with Crippen molar-refractivity contribution >= 4 is 42.3 Å². The van der Waals surface area contributed by atoms with Gasteiger partial charge in [-0.3, -0.25) is 14.2 Å². The third-order valence-electron chi connectivity index (χ3n) is 8.10. The SMILES string of the molecule is O=C(N[C@H](Cc1c[nH]c2ccccc12)C(=O)NCCCCCCCCCCCCOP(=O)(O)Oc1ccccc1Cl)OCc1ccccc1. The van der Waals surface area contributed by atoms with Gasteiger partial charge in [0.2, 0.25) is 5.91 Å². The van der Waals surface area contributed by atoms with Crippen molar-refractivity contribution in [3.8, 4) is 5.75 Å². The second kappa shape index (κ2) is 20.6. The Kier molecular flexibility index (Phi) is 16.0. The van der Waals surface area contributed by atoms with E-state index in [0.29, 0.717) is 19.4 Å². The molecule has 0 bridgehead atoms. The number of H-pyrrole nitrogens is 1. The number of aromatic nitrogens is 1. The molecule has 0 spiro atoms. The van der Waals surface area contributed by atoms with Gasteiger partial charge in [0, 0.05) is 30.1 Å². The topological polar surface area (TPSA) is 139 Å². The molecule has 3 aromatic carbocycles. The van der Waals surface area contributed by atoms with E-state index in [0.717, 1.165) is 79.8 Å². The van der Waals surface area contributed by atoms with Crippen LogP contribution >= 0.6 is 19.4 Å². The van der Waals surface area contributed by atoms with Gasteiger partial charge in [-0.05, 0) is 42.2 Å². The van der Waals surface area contributed by atoms with Gasteiger partial charge >= 0.3 is 13.9 Å². The molecule has 4 aromatic rings. The van der Waals surface area contributed by atoms with Gasteiger partial charge in [-0.1, -0.05) is 124 Å². The molecule has 4 rings (SSSR count). The van der Waals surface area contributed by atoms with Crippen molar-refractivity contribution in [1.82, 2.24) is 15.6 Å². The Morgan fingerprint density at radius 2 is 1.45 bits per heavy atom. The lowest BCUT2D eigenvalue weighted by molar-refractivity contribution is -0.123. The number of fused-ring (bicyclic) bond motifs is 1. The summed E-state index contributed by atoms with van der Waals surface area (Å²) in [6, 6.07) is 23.0. The van der Waals surface area contributed by atoms with E-state index < -0.39 is 20.0 Å². The molecule has 264 valence electrons. The van der Waals surface area contributed by atoms with Gasteiger partial charge in [-0.15, -0.1) is 0 Å². The molecule has 12 heteroatoms. The molecule has 2 atom stereocenters. The minimum atomic E-state index is -4.20. The van der Waals surface area contributed by atoms with E-state index in [4.69, 9.17) is 25.4 Å². The van der Waals surface area contributed by atoms with Gasteiger partial charge in [0.1, 0.15) is 18.4 Å². The number of hydrogen-bond donors (Lipinski definition) is 4. The van der Waals surface area contributed by atoms with Gasteiger partial charge in [0.05, 0.1) is 11.6 Å². The number of hydrogen-bond acceptors (Lipinski definition) is 6. The molecular formula is C37H47ClN3O7P. The molecule has 1 aromatic heterocycles. The molecule has 1 unspecified atom stereocenters. The summed E-state index contributed by atoms with van der Waals surface area (Å²) in [5, 5.41) is 7.05. The summed E-state index contributed by atoms with van der Waals surface area (Å²) >= 11 is 5.96. The van der Waals surface area contributed by atoms with E-state index in [9.17, 15) is 19.0 Å². The third kappa shape index (κ3) is 13.9. The van der Waals surface area contributed by atoms with Crippen LogP contribution in [0.3, 0.4) is 0 Å². The Bertz CT molecular complexity index is 1630. The van der Waals surface area contributed by atoms with Crippen LogP contribution in [0.15, 0.2) is 85.1 Å². The van der Waals surface area contributed by atoms with Crippen LogP contribution in [-0.2, 0) is 31.6 Å². The van der Waals surface area contributed by atoms with Crippen molar-refractivity contribution in [2.24, 2.45) is 0 Å². The molecule has 10 nitrogen and oxygen atoms in total. The van der Waals surface area contributed by atoms with E-state index in [-0.39, 0.29) is 29.9 Å². The smallest absolute Gasteiger partial charge is 0.445 e. The molecule has 0 aliphatic rings. The van der Waals surface area contributed by atoms with E-state index in [2.05, 4.69) is 15.6 Å². The molecule has 0 saturated heterocycles. The van der Waals surface area contributed by atoms with Crippen LogP contribution in [0.1, 0.15) is 75.3 Å². The average molecular weight is 712 g/mol. The number of aromatic amines is 1. The van der Waals surface area contributed by atoms with Gasteiger partial charge < -0.3 is 24.9 Å². The summed E-state index contributed by atoms with van der Waals surface area (Å²) in [6.07, 6.45) is 11.7. The second-order valence-electron chi connectivity index (χ2n) is 12.0. The fourth-order valence-electron chi connectivity index (χ4n) is 5.46. The fraction of sp³-hybridized carbons (Fsp3) is 0.405. The number of para-hydroxylation sites is 2. The molecular weight excluding hydrogens is 665 g/mol. The van der Waals surface area contributed by atoms with E-state index in [1.165, 1.54) is 6.07 Å².